The first-order valence-corrected chi connectivity index (χ1v) is 11.1. The average Bonchev–Trinajstić information content (AvgIpc) is 2.90. The van der Waals surface area contributed by atoms with Crippen LogP contribution in [0, 0.1) is 0 Å². The molecule has 7 heteroatoms. The van der Waals surface area contributed by atoms with Crippen LogP contribution in [-0.2, 0) is 16.0 Å². The summed E-state index contributed by atoms with van der Waals surface area (Å²) >= 11 is 0. The summed E-state index contributed by atoms with van der Waals surface area (Å²) in [6.45, 7) is 2.03. The predicted octanol–water partition coefficient (Wildman–Crippen LogP) is 4.71. The van der Waals surface area contributed by atoms with Crippen LogP contribution in [0.1, 0.15) is 28.4 Å². The fourth-order valence-corrected chi connectivity index (χ4v) is 3.45. The summed E-state index contributed by atoms with van der Waals surface area (Å²) in [5, 5.41) is 8.14. The van der Waals surface area contributed by atoms with Crippen LogP contribution >= 0.6 is 0 Å². The average molecular weight is 466 g/mol. The molecule has 0 atom stereocenters. The van der Waals surface area contributed by atoms with Gasteiger partial charge in [-0.15, -0.1) is 0 Å². The molecule has 0 saturated heterocycles. The van der Waals surface area contributed by atoms with Crippen molar-refractivity contribution in [2.45, 2.75) is 13.3 Å². The number of ether oxygens (including phenoxy) is 1. The fraction of sp³-hybridized carbons (Fsp3) is 0.0714. The number of nitrogens with one attached hydrogen (secondary N) is 2. The highest BCUT2D eigenvalue weighted by atomic mass is 16.5. The van der Waals surface area contributed by atoms with Crippen LogP contribution < -0.4 is 15.5 Å². The standard InChI is InChI=1S/C28H23N3O4/c1-2-19-12-15-22(16-13-19)30-26(32)27(33)31-29-18-24-23-11-7-6-8-20(23)14-17-25(24)35-28(34)21-9-4-3-5-10-21/h3-18H,2H2,1H3,(H,30,32)(H,31,33)/b29-18+. The van der Waals surface area contributed by atoms with Crippen LogP contribution in [-0.4, -0.2) is 24.0 Å². The van der Waals surface area contributed by atoms with Crippen molar-refractivity contribution >= 4 is 40.5 Å². The summed E-state index contributed by atoms with van der Waals surface area (Å²) in [6.07, 6.45) is 2.23. The van der Waals surface area contributed by atoms with Crippen LogP contribution in [0.5, 0.6) is 5.75 Å². The van der Waals surface area contributed by atoms with Crippen LogP contribution in [0.4, 0.5) is 5.69 Å². The van der Waals surface area contributed by atoms with Gasteiger partial charge in [-0.2, -0.15) is 5.10 Å². The van der Waals surface area contributed by atoms with Gasteiger partial charge in [0.1, 0.15) is 5.75 Å². The Morgan fingerprint density at radius 3 is 2.29 bits per heavy atom. The Bertz CT molecular complexity index is 1400. The molecule has 0 heterocycles. The molecule has 0 bridgehead atoms. The van der Waals surface area contributed by atoms with E-state index in [0.717, 1.165) is 22.8 Å². The van der Waals surface area contributed by atoms with Gasteiger partial charge in [0.15, 0.2) is 0 Å². The van der Waals surface area contributed by atoms with Gasteiger partial charge in [-0.3, -0.25) is 9.59 Å². The van der Waals surface area contributed by atoms with E-state index in [-0.39, 0.29) is 5.75 Å². The maximum atomic E-state index is 12.6. The number of carbonyl (C=O) groups excluding carboxylic acids is 3. The second-order valence-electron chi connectivity index (χ2n) is 7.66. The minimum atomic E-state index is -0.927. The van der Waals surface area contributed by atoms with Crippen molar-refractivity contribution in [3.05, 3.63) is 108 Å². The Kier molecular flexibility index (Phi) is 7.28. The van der Waals surface area contributed by atoms with E-state index < -0.39 is 17.8 Å². The van der Waals surface area contributed by atoms with Gasteiger partial charge in [-0.1, -0.05) is 67.6 Å². The summed E-state index contributed by atoms with van der Waals surface area (Å²) in [7, 11) is 0. The number of anilines is 1. The zero-order valence-electron chi connectivity index (χ0n) is 19.0. The molecule has 174 valence electrons. The Balaban J connectivity index is 1.51. The van der Waals surface area contributed by atoms with Gasteiger partial charge in [-0.25, -0.2) is 10.2 Å². The summed E-state index contributed by atoms with van der Waals surface area (Å²) in [4.78, 5) is 37.1. The first kappa shape index (κ1) is 23.4. The molecule has 0 aliphatic carbocycles. The molecule has 0 fully saturated rings. The van der Waals surface area contributed by atoms with Gasteiger partial charge in [0, 0.05) is 11.3 Å². The SMILES string of the molecule is CCc1ccc(NC(=O)C(=O)N/N=C/c2c(OC(=O)c3ccccc3)ccc3ccccc23)cc1. The minimum absolute atomic E-state index is 0.274. The third-order valence-corrected chi connectivity index (χ3v) is 5.33. The zero-order valence-corrected chi connectivity index (χ0v) is 19.0. The number of hydrogen-bond acceptors (Lipinski definition) is 5. The van der Waals surface area contributed by atoms with E-state index in [0.29, 0.717) is 16.8 Å². The second-order valence-corrected chi connectivity index (χ2v) is 7.66. The van der Waals surface area contributed by atoms with E-state index in [4.69, 9.17) is 4.74 Å². The third-order valence-electron chi connectivity index (χ3n) is 5.33. The van der Waals surface area contributed by atoms with E-state index in [1.54, 1.807) is 42.5 Å². The first-order valence-electron chi connectivity index (χ1n) is 11.1. The van der Waals surface area contributed by atoms with Crippen LogP contribution in [0.2, 0.25) is 0 Å². The molecule has 4 aromatic carbocycles. The van der Waals surface area contributed by atoms with Crippen LogP contribution in [0.15, 0.2) is 96.1 Å². The second kappa shape index (κ2) is 10.9. The molecule has 0 aliphatic heterocycles. The van der Waals surface area contributed by atoms with Crippen LogP contribution in [0.3, 0.4) is 0 Å². The lowest BCUT2D eigenvalue weighted by atomic mass is 10.0. The maximum Gasteiger partial charge on any atom is 0.343 e. The number of benzene rings is 4. The molecule has 2 N–H and O–H groups in total. The topological polar surface area (TPSA) is 96.9 Å². The van der Waals surface area contributed by atoms with Crippen LogP contribution in [0.25, 0.3) is 10.8 Å². The molecule has 0 radical (unpaired) electrons. The smallest absolute Gasteiger partial charge is 0.343 e. The van der Waals surface area contributed by atoms with E-state index in [1.165, 1.54) is 6.21 Å². The van der Waals surface area contributed by atoms with Gasteiger partial charge in [0.2, 0.25) is 0 Å². The van der Waals surface area contributed by atoms with Gasteiger partial charge in [-0.05, 0) is 53.1 Å². The highest BCUT2D eigenvalue weighted by Gasteiger charge is 2.15. The third kappa shape index (κ3) is 5.78. The number of hydrazone groups is 1. The fourth-order valence-electron chi connectivity index (χ4n) is 3.45. The summed E-state index contributed by atoms with van der Waals surface area (Å²) in [5.74, 6) is -2.02. The van der Waals surface area contributed by atoms with Crippen molar-refractivity contribution in [1.29, 1.82) is 0 Å². The number of fused-ring (bicyclic) bond motifs is 1. The van der Waals surface area contributed by atoms with Crippen molar-refractivity contribution in [2.24, 2.45) is 5.10 Å². The van der Waals surface area contributed by atoms with E-state index >= 15 is 0 Å². The lowest BCUT2D eigenvalue weighted by molar-refractivity contribution is -0.136. The number of amides is 2. The van der Waals surface area contributed by atoms with Crippen molar-refractivity contribution in [1.82, 2.24) is 5.43 Å². The molecule has 2 amide bonds. The lowest BCUT2D eigenvalue weighted by Gasteiger charge is -2.10. The van der Waals surface area contributed by atoms with Crippen molar-refractivity contribution in [2.75, 3.05) is 5.32 Å². The number of hydrogen-bond donors (Lipinski definition) is 2. The number of carbonyl (C=O) groups is 3. The minimum Gasteiger partial charge on any atom is -0.422 e. The molecule has 0 unspecified atom stereocenters. The molecular weight excluding hydrogens is 442 g/mol. The predicted molar refractivity (Wildman–Crippen MR) is 136 cm³/mol. The molecule has 4 aromatic rings. The Morgan fingerprint density at radius 2 is 1.54 bits per heavy atom. The normalized spacial score (nSPS) is 10.8. The van der Waals surface area contributed by atoms with Gasteiger partial charge in [0.05, 0.1) is 11.8 Å². The molecule has 0 saturated carbocycles. The quantitative estimate of drug-likeness (QED) is 0.142. The number of rotatable bonds is 6. The Morgan fingerprint density at radius 1 is 0.829 bits per heavy atom. The molecule has 4 rings (SSSR count). The van der Waals surface area contributed by atoms with E-state index in [1.807, 2.05) is 55.5 Å². The first-order chi connectivity index (χ1) is 17.0. The Hall–Kier alpha value is -4.78. The van der Waals surface area contributed by atoms with Gasteiger partial charge < -0.3 is 10.1 Å². The van der Waals surface area contributed by atoms with Gasteiger partial charge in [0.25, 0.3) is 0 Å². The maximum absolute atomic E-state index is 12.6. The van der Waals surface area contributed by atoms with Crippen molar-refractivity contribution in [3.8, 4) is 5.75 Å². The van der Waals surface area contributed by atoms with E-state index in [9.17, 15) is 14.4 Å². The molecule has 0 aromatic heterocycles. The van der Waals surface area contributed by atoms with Gasteiger partial charge >= 0.3 is 17.8 Å². The monoisotopic (exact) mass is 465 g/mol. The Labute approximate surface area is 202 Å². The molecule has 0 spiro atoms. The summed E-state index contributed by atoms with van der Waals surface area (Å²) < 4.78 is 5.62. The lowest BCUT2D eigenvalue weighted by Crippen LogP contribution is -2.32. The molecule has 0 aliphatic rings. The molecule has 7 nitrogen and oxygen atoms in total. The molecule has 35 heavy (non-hydrogen) atoms. The number of nitrogens with zero attached hydrogens (tertiary/aromatic N) is 1. The summed E-state index contributed by atoms with van der Waals surface area (Å²) in [5.41, 5.74) is 4.75. The molecular formula is C28H23N3O4. The van der Waals surface area contributed by atoms with E-state index in [2.05, 4.69) is 15.8 Å². The van der Waals surface area contributed by atoms with Crippen molar-refractivity contribution < 1.29 is 19.1 Å². The zero-order chi connectivity index (χ0) is 24.6. The number of esters is 1. The largest absolute Gasteiger partial charge is 0.422 e. The highest BCUT2D eigenvalue weighted by Crippen LogP contribution is 2.27. The summed E-state index contributed by atoms with van der Waals surface area (Å²) in [6, 6.07) is 26.8. The highest BCUT2D eigenvalue weighted by molar-refractivity contribution is 6.39. The number of aryl methyl sites for hydroxylation is 1. The van der Waals surface area contributed by atoms with Crippen molar-refractivity contribution in [3.63, 3.8) is 0 Å².